The Kier molecular flexibility index (Phi) is 5.13. The Bertz CT molecular complexity index is 1240. The van der Waals surface area contributed by atoms with Gasteiger partial charge in [0, 0.05) is 16.6 Å². The number of hydrogen-bond acceptors (Lipinski definition) is 3. The van der Waals surface area contributed by atoms with Crippen molar-refractivity contribution in [1.82, 2.24) is 9.80 Å². The van der Waals surface area contributed by atoms with E-state index in [1.165, 1.54) is 17.0 Å². The Morgan fingerprint density at radius 2 is 1.56 bits per heavy atom. The van der Waals surface area contributed by atoms with Crippen LogP contribution in [0.3, 0.4) is 0 Å². The van der Waals surface area contributed by atoms with Gasteiger partial charge in [-0.1, -0.05) is 40.2 Å². The summed E-state index contributed by atoms with van der Waals surface area (Å²) in [7, 11) is 0. The predicted molar refractivity (Wildman–Crippen MR) is 120 cm³/mol. The minimum atomic E-state index is -0.502. The van der Waals surface area contributed by atoms with Gasteiger partial charge in [-0.15, -0.1) is 0 Å². The van der Waals surface area contributed by atoms with Crippen LogP contribution in [0, 0.1) is 5.82 Å². The van der Waals surface area contributed by atoms with E-state index in [0.717, 1.165) is 10.0 Å². The zero-order chi connectivity index (χ0) is 22.4. The highest BCUT2D eigenvalue weighted by Crippen LogP contribution is 2.30. The Labute approximate surface area is 192 Å². The predicted octanol–water partition coefficient (Wildman–Crippen LogP) is 4.45. The van der Waals surface area contributed by atoms with Gasteiger partial charge in [-0.3, -0.25) is 19.3 Å². The second-order valence-corrected chi connectivity index (χ2v) is 8.90. The number of hydrogen-bond donors (Lipinski definition) is 0. The maximum absolute atomic E-state index is 13.8. The highest BCUT2D eigenvalue weighted by atomic mass is 79.9. The van der Waals surface area contributed by atoms with Crippen LogP contribution in [0.15, 0.2) is 71.2 Å². The summed E-state index contributed by atoms with van der Waals surface area (Å²) in [4.78, 5) is 42.0. The molecule has 1 unspecified atom stereocenters. The van der Waals surface area contributed by atoms with Crippen molar-refractivity contribution in [3.05, 3.63) is 105 Å². The van der Waals surface area contributed by atoms with E-state index >= 15 is 0 Å². The molecular formula is C25H18BrFN2O3. The topological polar surface area (TPSA) is 57.7 Å². The maximum atomic E-state index is 13.8. The van der Waals surface area contributed by atoms with E-state index in [-0.39, 0.29) is 30.1 Å². The number of imide groups is 1. The summed E-state index contributed by atoms with van der Waals surface area (Å²) in [5, 5.41) is 0. The number of amides is 3. The summed E-state index contributed by atoms with van der Waals surface area (Å²) in [6.07, 6.45) is 0.312. The van der Waals surface area contributed by atoms with Gasteiger partial charge in [0.1, 0.15) is 5.82 Å². The summed E-state index contributed by atoms with van der Waals surface area (Å²) in [6.45, 7) is 0.389. The smallest absolute Gasteiger partial charge is 0.261 e. The molecule has 0 saturated heterocycles. The van der Waals surface area contributed by atoms with Crippen LogP contribution in [0.25, 0.3) is 0 Å². The molecule has 0 fully saturated rings. The molecule has 160 valence electrons. The molecule has 0 spiro atoms. The standard InChI is InChI=1S/C25H18BrFN2O3/c26-17-8-9-20-16(12-17)13-28(23(20)30)19(11-15-4-3-5-18(27)10-15)14-29-24(31)21-6-1-2-7-22(21)25(29)32/h1-10,12,19H,11,13-14H2. The van der Waals surface area contributed by atoms with Crippen LogP contribution in [0.1, 0.15) is 42.2 Å². The van der Waals surface area contributed by atoms with Gasteiger partial charge < -0.3 is 4.90 Å². The molecule has 1 atom stereocenters. The zero-order valence-electron chi connectivity index (χ0n) is 16.9. The molecule has 2 aliphatic heterocycles. The number of carbonyl (C=O) groups is 3. The summed E-state index contributed by atoms with van der Waals surface area (Å²) >= 11 is 3.44. The van der Waals surface area contributed by atoms with Crippen molar-refractivity contribution in [2.75, 3.05) is 6.54 Å². The van der Waals surface area contributed by atoms with Crippen LogP contribution in [0.2, 0.25) is 0 Å². The quantitative estimate of drug-likeness (QED) is 0.494. The van der Waals surface area contributed by atoms with Gasteiger partial charge in [-0.05, 0) is 60.0 Å². The molecule has 2 aliphatic rings. The van der Waals surface area contributed by atoms with Gasteiger partial charge >= 0.3 is 0 Å². The van der Waals surface area contributed by atoms with Crippen molar-refractivity contribution in [3.63, 3.8) is 0 Å². The zero-order valence-corrected chi connectivity index (χ0v) is 18.5. The fourth-order valence-electron chi connectivity index (χ4n) is 4.43. The summed E-state index contributed by atoms with van der Waals surface area (Å²) in [5.41, 5.74) is 2.89. The lowest BCUT2D eigenvalue weighted by atomic mass is 10.0. The molecule has 7 heteroatoms. The van der Waals surface area contributed by atoms with Crippen molar-refractivity contribution in [2.24, 2.45) is 0 Å². The van der Waals surface area contributed by atoms with Crippen LogP contribution in [-0.4, -0.2) is 40.1 Å². The lowest BCUT2D eigenvalue weighted by Crippen LogP contribution is -2.47. The number of halogens is 2. The second-order valence-electron chi connectivity index (χ2n) is 7.99. The molecule has 5 rings (SSSR count). The summed E-state index contributed by atoms with van der Waals surface area (Å²) in [5.74, 6) is -1.28. The molecule has 3 aromatic carbocycles. The van der Waals surface area contributed by atoms with Gasteiger partial charge in [0.25, 0.3) is 17.7 Å². The molecule has 0 bridgehead atoms. The molecule has 3 aromatic rings. The van der Waals surface area contributed by atoms with Crippen molar-refractivity contribution >= 4 is 33.7 Å². The van der Waals surface area contributed by atoms with E-state index < -0.39 is 6.04 Å². The maximum Gasteiger partial charge on any atom is 0.261 e. The largest absolute Gasteiger partial charge is 0.329 e. The molecule has 0 saturated carbocycles. The first-order valence-electron chi connectivity index (χ1n) is 10.2. The third-order valence-electron chi connectivity index (χ3n) is 5.97. The molecule has 0 N–H and O–H groups in total. The summed E-state index contributed by atoms with van der Waals surface area (Å²) in [6, 6.07) is 17.8. The number of carbonyl (C=O) groups excluding carboxylic acids is 3. The van der Waals surface area contributed by atoms with Crippen LogP contribution < -0.4 is 0 Å². The second kappa shape index (κ2) is 7.98. The Hall–Kier alpha value is -3.32. The van der Waals surface area contributed by atoms with E-state index in [1.807, 2.05) is 12.1 Å². The van der Waals surface area contributed by atoms with E-state index in [4.69, 9.17) is 0 Å². The third kappa shape index (κ3) is 3.52. The fraction of sp³-hybridized carbons (Fsp3) is 0.160. The fourth-order valence-corrected chi connectivity index (χ4v) is 4.84. The van der Waals surface area contributed by atoms with Crippen LogP contribution >= 0.6 is 15.9 Å². The Balaban J connectivity index is 1.48. The van der Waals surface area contributed by atoms with Crippen molar-refractivity contribution in [3.8, 4) is 0 Å². The molecular weight excluding hydrogens is 475 g/mol. The normalized spacial score (nSPS) is 15.9. The van der Waals surface area contributed by atoms with Crippen LogP contribution in [0.5, 0.6) is 0 Å². The monoisotopic (exact) mass is 492 g/mol. The molecule has 0 aromatic heterocycles. The minimum Gasteiger partial charge on any atom is -0.329 e. The van der Waals surface area contributed by atoms with E-state index in [1.54, 1.807) is 47.4 Å². The van der Waals surface area contributed by atoms with Crippen molar-refractivity contribution < 1.29 is 18.8 Å². The molecule has 3 amide bonds. The number of rotatable bonds is 5. The molecule has 2 heterocycles. The van der Waals surface area contributed by atoms with E-state index in [9.17, 15) is 18.8 Å². The molecule has 0 aliphatic carbocycles. The lowest BCUT2D eigenvalue weighted by molar-refractivity contribution is 0.0528. The van der Waals surface area contributed by atoms with Gasteiger partial charge in [0.2, 0.25) is 0 Å². The van der Waals surface area contributed by atoms with Gasteiger partial charge in [-0.25, -0.2) is 4.39 Å². The first kappa shape index (κ1) is 20.6. The first-order chi connectivity index (χ1) is 15.4. The summed E-state index contributed by atoms with van der Waals surface area (Å²) < 4.78 is 14.7. The van der Waals surface area contributed by atoms with Crippen LogP contribution in [-0.2, 0) is 13.0 Å². The molecule has 5 nitrogen and oxygen atoms in total. The lowest BCUT2D eigenvalue weighted by Gasteiger charge is -2.31. The highest BCUT2D eigenvalue weighted by molar-refractivity contribution is 9.10. The first-order valence-corrected chi connectivity index (χ1v) is 11.0. The van der Waals surface area contributed by atoms with Gasteiger partial charge in [-0.2, -0.15) is 0 Å². The molecule has 0 radical (unpaired) electrons. The van der Waals surface area contributed by atoms with Gasteiger partial charge in [0.05, 0.1) is 23.7 Å². The highest BCUT2D eigenvalue weighted by Gasteiger charge is 2.40. The average Bonchev–Trinajstić information content (AvgIpc) is 3.22. The molecule has 32 heavy (non-hydrogen) atoms. The van der Waals surface area contributed by atoms with Gasteiger partial charge in [0.15, 0.2) is 0 Å². The Morgan fingerprint density at radius 1 is 0.844 bits per heavy atom. The average molecular weight is 493 g/mol. The third-order valence-corrected chi connectivity index (χ3v) is 6.47. The van der Waals surface area contributed by atoms with E-state index in [2.05, 4.69) is 15.9 Å². The van der Waals surface area contributed by atoms with Crippen molar-refractivity contribution in [1.29, 1.82) is 0 Å². The van der Waals surface area contributed by atoms with E-state index in [0.29, 0.717) is 35.2 Å². The SMILES string of the molecule is O=C1c2ccccc2C(=O)N1CC(Cc1cccc(F)c1)N1Cc2cc(Br)ccc2C1=O. The van der Waals surface area contributed by atoms with Crippen molar-refractivity contribution in [2.45, 2.75) is 19.0 Å². The number of benzene rings is 3. The van der Waals surface area contributed by atoms with Crippen LogP contribution in [0.4, 0.5) is 4.39 Å². The minimum absolute atomic E-state index is 0.0315. The Morgan fingerprint density at radius 3 is 2.25 bits per heavy atom. The number of nitrogens with zero attached hydrogens (tertiary/aromatic N) is 2. The number of fused-ring (bicyclic) bond motifs is 2.